The van der Waals surface area contributed by atoms with Crippen molar-refractivity contribution in [1.82, 2.24) is 4.90 Å². The zero-order valence-electron chi connectivity index (χ0n) is 8.58. The molecule has 0 saturated heterocycles. The number of hydrogen-bond acceptors (Lipinski definition) is 1. The molecule has 1 aromatic rings. The number of aryl methyl sites for hydroxylation is 1. The number of hydrogen-bond donors (Lipinski definition) is 0. The van der Waals surface area contributed by atoms with Gasteiger partial charge in [-0.3, -0.25) is 0 Å². The van der Waals surface area contributed by atoms with Gasteiger partial charge in [0.2, 0.25) is 0 Å². The minimum atomic E-state index is 0. The molecule has 0 aliphatic rings. The van der Waals surface area contributed by atoms with Gasteiger partial charge < -0.3 is 4.90 Å². The van der Waals surface area contributed by atoms with Crippen LogP contribution in [0.4, 0.5) is 0 Å². The van der Waals surface area contributed by atoms with Gasteiger partial charge in [0.1, 0.15) is 0 Å². The van der Waals surface area contributed by atoms with E-state index in [0.29, 0.717) is 0 Å². The third kappa shape index (κ3) is 4.30. The summed E-state index contributed by atoms with van der Waals surface area (Å²) in [6, 6.07) is 8.72. The molecule has 0 unspecified atom stereocenters. The van der Waals surface area contributed by atoms with E-state index in [4.69, 9.17) is 0 Å². The normalized spacial score (nSPS) is 9.85. The summed E-state index contributed by atoms with van der Waals surface area (Å²) >= 11 is 0. The van der Waals surface area contributed by atoms with Crippen LogP contribution in [0.25, 0.3) is 0 Å². The first-order chi connectivity index (χ1) is 5.72. The van der Waals surface area contributed by atoms with Crippen LogP contribution in [0.2, 0.25) is 0 Å². The van der Waals surface area contributed by atoms with Crippen molar-refractivity contribution in [3.8, 4) is 0 Å². The van der Waals surface area contributed by atoms with Crippen molar-refractivity contribution in [2.24, 2.45) is 0 Å². The Balaban J connectivity index is 0.00000144. The van der Waals surface area contributed by atoms with Crippen molar-refractivity contribution >= 4 is 12.4 Å². The van der Waals surface area contributed by atoms with Gasteiger partial charge in [0, 0.05) is 6.54 Å². The fourth-order valence-corrected chi connectivity index (χ4v) is 1.12. The fraction of sp³-hybridized carbons (Fsp3) is 0.455. The second-order valence-electron chi connectivity index (χ2n) is 3.32. The first-order valence-electron chi connectivity index (χ1n) is 4.46. The third-order valence-electron chi connectivity index (χ3n) is 2.11. The standard InChI is InChI=1S/C11H17N.ClH/c1-4-12(3)9-11-7-5-10(2)6-8-11;/h5-8H,4,9H2,1-3H3;1H. The van der Waals surface area contributed by atoms with Crippen molar-refractivity contribution < 1.29 is 0 Å². The number of rotatable bonds is 3. The average molecular weight is 200 g/mol. The minimum Gasteiger partial charge on any atom is -0.302 e. The van der Waals surface area contributed by atoms with Gasteiger partial charge in [-0.05, 0) is 26.1 Å². The number of nitrogens with zero attached hydrogens (tertiary/aromatic N) is 1. The Labute approximate surface area is 87.2 Å². The highest BCUT2D eigenvalue weighted by Crippen LogP contribution is 2.05. The van der Waals surface area contributed by atoms with Gasteiger partial charge in [0.25, 0.3) is 0 Å². The van der Waals surface area contributed by atoms with Crippen molar-refractivity contribution in [2.45, 2.75) is 20.4 Å². The van der Waals surface area contributed by atoms with Gasteiger partial charge in [-0.1, -0.05) is 36.8 Å². The Morgan fingerprint density at radius 2 is 1.69 bits per heavy atom. The van der Waals surface area contributed by atoms with E-state index in [1.807, 2.05) is 0 Å². The molecule has 1 rings (SSSR count). The number of benzene rings is 1. The summed E-state index contributed by atoms with van der Waals surface area (Å²) in [5, 5.41) is 0. The molecule has 1 aromatic carbocycles. The second kappa shape index (κ2) is 6.01. The Kier molecular flexibility index (Phi) is 5.76. The average Bonchev–Trinajstić information content (AvgIpc) is 2.09. The summed E-state index contributed by atoms with van der Waals surface area (Å²) in [5.74, 6) is 0. The van der Waals surface area contributed by atoms with Crippen LogP contribution in [0.3, 0.4) is 0 Å². The molecule has 13 heavy (non-hydrogen) atoms. The van der Waals surface area contributed by atoms with E-state index in [2.05, 4.69) is 50.1 Å². The van der Waals surface area contributed by atoms with Crippen LogP contribution in [0.1, 0.15) is 18.1 Å². The van der Waals surface area contributed by atoms with E-state index >= 15 is 0 Å². The van der Waals surface area contributed by atoms with Crippen molar-refractivity contribution in [3.05, 3.63) is 35.4 Å². The van der Waals surface area contributed by atoms with Crippen molar-refractivity contribution in [2.75, 3.05) is 13.6 Å². The molecule has 0 N–H and O–H groups in total. The summed E-state index contributed by atoms with van der Waals surface area (Å²) in [4.78, 5) is 2.30. The molecule has 0 atom stereocenters. The van der Waals surface area contributed by atoms with Gasteiger partial charge in [-0.15, -0.1) is 12.4 Å². The van der Waals surface area contributed by atoms with Gasteiger partial charge in [-0.2, -0.15) is 0 Å². The number of halogens is 1. The van der Waals surface area contributed by atoms with E-state index in [-0.39, 0.29) is 12.4 Å². The molecule has 0 radical (unpaired) electrons. The maximum atomic E-state index is 2.30. The van der Waals surface area contributed by atoms with E-state index in [9.17, 15) is 0 Å². The SMILES string of the molecule is CCN(C)Cc1ccc(C)cc1.Cl. The molecular weight excluding hydrogens is 182 g/mol. The fourth-order valence-electron chi connectivity index (χ4n) is 1.12. The zero-order chi connectivity index (χ0) is 8.97. The molecule has 0 spiro atoms. The first kappa shape index (κ1) is 12.5. The summed E-state index contributed by atoms with van der Waals surface area (Å²) in [6.45, 7) is 6.45. The van der Waals surface area contributed by atoms with Crippen LogP contribution in [0, 0.1) is 6.92 Å². The molecule has 0 bridgehead atoms. The van der Waals surface area contributed by atoms with Crippen molar-refractivity contribution in [1.29, 1.82) is 0 Å². The highest BCUT2D eigenvalue weighted by atomic mass is 35.5. The highest BCUT2D eigenvalue weighted by Gasteiger charge is 1.95. The predicted molar refractivity (Wildman–Crippen MR) is 60.4 cm³/mol. The lowest BCUT2D eigenvalue weighted by atomic mass is 10.1. The molecule has 0 aliphatic heterocycles. The molecule has 1 nitrogen and oxygen atoms in total. The quantitative estimate of drug-likeness (QED) is 0.724. The lowest BCUT2D eigenvalue weighted by Gasteiger charge is -2.13. The minimum absolute atomic E-state index is 0. The van der Waals surface area contributed by atoms with E-state index in [1.165, 1.54) is 11.1 Å². The van der Waals surface area contributed by atoms with Gasteiger partial charge >= 0.3 is 0 Å². The predicted octanol–water partition coefficient (Wildman–Crippen LogP) is 2.87. The largest absolute Gasteiger partial charge is 0.302 e. The van der Waals surface area contributed by atoms with Crippen LogP contribution in [-0.2, 0) is 6.54 Å². The second-order valence-corrected chi connectivity index (χ2v) is 3.32. The summed E-state index contributed by atoms with van der Waals surface area (Å²) < 4.78 is 0. The topological polar surface area (TPSA) is 3.24 Å². The smallest absolute Gasteiger partial charge is 0.0230 e. The lowest BCUT2D eigenvalue weighted by Crippen LogP contribution is -2.16. The molecular formula is C11H18ClN. The van der Waals surface area contributed by atoms with Crippen molar-refractivity contribution in [3.63, 3.8) is 0 Å². The maximum Gasteiger partial charge on any atom is 0.0230 e. The third-order valence-corrected chi connectivity index (χ3v) is 2.11. The Bertz CT molecular complexity index is 230. The van der Waals surface area contributed by atoms with E-state index < -0.39 is 0 Å². The Hall–Kier alpha value is -0.530. The highest BCUT2D eigenvalue weighted by molar-refractivity contribution is 5.85. The molecule has 74 valence electrons. The monoisotopic (exact) mass is 199 g/mol. The van der Waals surface area contributed by atoms with Gasteiger partial charge in [-0.25, -0.2) is 0 Å². The van der Waals surface area contributed by atoms with Crippen LogP contribution in [0.5, 0.6) is 0 Å². The van der Waals surface area contributed by atoms with Crippen LogP contribution in [0.15, 0.2) is 24.3 Å². The van der Waals surface area contributed by atoms with Crippen LogP contribution in [-0.4, -0.2) is 18.5 Å². The summed E-state index contributed by atoms with van der Waals surface area (Å²) in [6.07, 6.45) is 0. The molecule has 0 fully saturated rings. The summed E-state index contributed by atoms with van der Waals surface area (Å²) in [5.41, 5.74) is 2.72. The van der Waals surface area contributed by atoms with Crippen LogP contribution < -0.4 is 0 Å². The van der Waals surface area contributed by atoms with Gasteiger partial charge in [0.05, 0.1) is 0 Å². The van der Waals surface area contributed by atoms with E-state index in [0.717, 1.165) is 13.1 Å². The molecule has 0 amide bonds. The Morgan fingerprint density at radius 3 is 2.15 bits per heavy atom. The summed E-state index contributed by atoms with van der Waals surface area (Å²) in [7, 11) is 2.14. The zero-order valence-corrected chi connectivity index (χ0v) is 9.40. The molecule has 0 saturated carbocycles. The molecule has 0 aliphatic carbocycles. The van der Waals surface area contributed by atoms with E-state index in [1.54, 1.807) is 0 Å². The maximum absolute atomic E-state index is 2.30. The van der Waals surface area contributed by atoms with Crippen LogP contribution >= 0.6 is 12.4 Å². The first-order valence-corrected chi connectivity index (χ1v) is 4.46. The molecule has 0 heterocycles. The van der Waals surface area contributed by atoms with Gasteiger partial charge in [0.15, 0.2) is 0 Å². The Morgan fingerprint density at radius 1 is 1.15 bits per heavy atom. The molecule has 0 aromatic heterocycles. The molecule has 2 heteroatoms. The lowest BCUT2D eigenvalue weighted by molar-refractivity contribution is 0.346.